The van der Waals surface area contributed by atoms with Crippen LogP contribution in [-0.4, -0.2) is 18.2 Å². The minimum absolute atomic E-state index is 0.584. The van der Waals surface area contributed by atoms with E-state index in [0.29, 0.717) is 13.1 Å². The molecule has 0 aliphatic rings. The van der Waals surface area contributed by atoms with E-state index in [9.17, 15) is 0 Å². The molecular weight excluding hydrogens is 178 g/mol. The molecule has 0 amide bonds. The van der Waals surface area contributed by atoms with Crippen LogP contribution in [0.2, 0.25) is 0 Å². The monoisotopic (exact) mass is 191 g/mol. The Kier molecular flexibility index (Phi) is 2.37. The van der Waals surface area contributed by atoms with Crippen LogP contribution in [0, 0.1) is 6.92 Å². The van der Waals surface area contributed by atoms with Crippen molar-refractivity contribution in [3.8, 4) is 0 Å². The third-order valence-electron chi connectivity index (χ3n) is 2.14. The van der Waals surface area contributed by atoms with Gasteiger partial charge in [0, 0.05) is 13.1 Å². The lowest BCUT2D eigenvalue weighted by Crippen LogP contribution is -2.13. The molecule has 3 N–H and O–H groups in total. The summed E-state index contributed by atoms with van der Waals surface area (Å²) in [6, 6.07) is 5.89. The Labute approximate surface area is 82.1 Å². The maximum atomic E-state index is 5.41. The normalized spacial score (nSPS) is 10.7. The number of aryl methyl sites for hydroxylation is 1. The van der Waals surface area contributed by atoms with Crippen molar-refractivity contribution in [2.45, 2.75) is 6.92 Å². The van der Waals surface area contributed by atoms with Crippen LogP contribution in [0.5, 0.6) is 0 Å². The van der Waals surface area contributed by atoms with Crippen molar-refractivity contribution in [1.82, 2.24) is 5.16 Å². The summed E-state index contributed by atoms with van der Waals surface area (Å²) in [4.78, 5) is 0. The van der Waals surface area contributed by atoms with Gasteiger partial charge in [0.05, 0.1) is 5.39 Å². The highest BCUT2D eigenvalue weighted by Crippen LogP contribution is 2.25. The smallest absolute Gasteiger partial charge is 0.177 e. The molecule has 2 rings (SSSR count). The highest BCUT2D eigenvalue weighted by Gasteiger charge is 2.08. The first kappa shape index (κ1) is 9.02. The summed E-state index contributed by atoms with van der Waals surface area (Å²) in [6.07, 6.45) is 0. The minimum atomic E-state index is 0.584. The topological polar surface area (TPSA) is 64.1 Å². The molecule has 74 valence electrons. The number of hydrogen-bond donors (Lipinski definition) is 2. The molecule has 0 aliphatic heterocycles. The van der Waals surface area contributed by atoms with Gasteiger partial charge in [0.1, 0.15) is 0 Å². The zero-order chi connectivity index (χ0) is 9.97. The average Bonchev–Trinajstić information content (AvgIpc) is 2.59. The lowest BCUT2D eigenvalue weighted by Gasteiger charge is -2.00. The average molecular weight is 191 g/mol. The summed E-state index contributed by atoms with van der Waals surface area (Å²) < 4.78 is 5.17. The van der Waals surface area contributed by atoms with Crippen LogP contribution in [0.4, 0.5) is 5.82 Å². The number of nitrogens with two attached hydrogens (primary N) is 1. The summed E-state index contributed by atoms with van der Waals surface area (Å²) in [5, 5.41) is 8.12. The van der Waals surface area contributed by atoms with Crippen LogP contribution in [0.1, 0.15) is 5.56 Å². The largest absolute Gasteiger partial charge is 0.365 e. The van der Waals surface area contributed by atoms with Gasteiger partial charge < -0.3 is 15.6 Å². The molecule has 0 radical (unpaired) electrons. The zero-order valence-electron chi connectivity index (χ0n) is 8.08. The first-order chi connectivity index (χ1) is 6.83. The SMILES string of the molecule is Cc1cccc2onc(NCCN)c12. The van der Waals surface area contributed by atoms with Crippen LogP contribution in [-0.2, 0) is 0 Å². The van der Waals surface area contributed by atoms with E-state index in [1.165, 1.54) is 0 Å². The first-order valence-corrected chi connectivity index (χ1v) is 4.62. The maximum Gasteiger partial charge on any atom is 0.177 e. The molecule has 0 unspecified atom stereocenters. The molecular formula is C10H13N3O. The van der Waals surface area contributed by atoms with Crippen molar-refractivity contribution in [3.63, 3.8) is 0 Å². The Morgan fingerprint density at radius 2 is 2.36 bits per heavy atom. The van der Waals surface area contributed by atoms with Gasteiger partial charge >= 0.3 is 0 Å². The number of rotatable bonds is 3. The summed E-state index contributed by atoms with van der Waals surface area (Å²) in [5.41, 5.74) is 7.37. The van der Waals surface area contributed by atoms with Crippen molar-refractivity contribution in [1.29, 1.82) is 0 Å². The second kappa shape index (κ2) is 3.67. The van der Waals surface area contributed by atoms with Crippen molar-refractivity contribution in [2.75, 3.05) is 18.4 Å². The number of benzene rings is 1. The van der Waals surface area contributed by atoms with Crippen molar-refractivity contribution in [3.05, 3.63) is 23.8 Å². The quantitative estimate of drug-likeness (QED) is 0.771. The van der Waals surface area contributed by atoms with Crippen molar-refractivity contribution < 1.29 is 4.52 Å². The Bertz CT molecular complexity index is 436. The van der Waals surface area contributed by atoms with Crippen LogP contribution in [0.3, 0.4) is 0 Å². The van der Waals surface area contributed by atoms with Gasteiger partial charge in [-0.15, -0.1) is 0 Å². The number of nitrogens with one attached hydrogen (secondary N) is 1. The third kappa shape index (κ3) is 1.44. The van der Waals surface area contributed by atoms with Gasteiger partial charge in [-0.1, -0.05) is 17.3 Å². The van der Waals surface area contributed by atoms with Gasteiger partial charge in [0.25, 0.3) is 0 Å². The Hall–Kier alpha value is -1.55. The lowest BCUT2D eigenvalue weighted by molar-refractivity contribution is 0.459. The van der Waals surface area contributed by atoms with Crippen LogP contribution < -0.4 is 11.1 Å². The summed E-state index contributed by atoms with van der Waals surface area (Å²) >= 11 is 0. The third-order valence-corrected chi connectivity index (χ3v) is 2.14. The van der Waals surface area contributed by atoms with Crippen LogP contribution in [0.15, 0.2) is 22.7 Å². The molecule has 4 heteroatoms. The van der Waals surface area contributed by atoms with E-state index in [4.69, 9.17) is 10.3 Å². The van der Waals surface area contributed by atoms with Crippen LogP contribution in [0.25, 0.3) is 11.0 Å². The van der Waals surface area contributed by atoms with E-state index in [0.717, 1.165) is 22.4 Å². The summed E-state index contributed by atoms with van der Waals surface area (Å²) in [6.45, 7) is 3.32. The molecule has 0 bridgehead atoms. The molecule has 0 atom stereocenters. The predicted octanol–water partition coefficient (Wildman–Crippen LogP) is 1.51. The predicted molar refractivity (Wildman–Crippen MR) is 56.3 cm³/mol. The van der Waals surface area contributed by atoms with Gasteiger partial charge in [-0.25, -0.2) is 0 Å². The van der Waals surface area contributed by atoms with Crippen molar-refractivity contribution in [2.24, 2.45) is 5.73 Å². The van der Waals surface area contributed by atoms with E-state index in [1.807, 2.05) is 25.1 Å². The van der Waals surface area contributed by atoms with E-state index in [1.54, 1.807) is 0 Å². The van der Waals surface area contributed by atoms with Gasteiger partial charge in [0.15, 0.2) is 11.4 Å². The summed E-state index contributed by atoms with van der Waals surface area (Å²) in [5.74, 6) is 0.781. The fraction of sp³-hybridized carbons (Fsp3) is 0.300. The Morgan fingerprint density at radius 1 is 1.50 bits per heavy atom. The number of aromatic nitrogens is 1. The van der Waals surface area contributed by atoms with Gasteiger partial charge in [-0.3, -0.25) is 0 Å². The summed E-state index contributed by atoms with van der Waals surface area (Å²) in [7, 11) is 0. The molecule has 0 saturated carbocycles. The lowest BCUT2D eigenvalue weighted by atomic mass is 10.1. The first-order valence-electron chi connectivity index (χ1n) is 4.62. The molecule has 1 aromatic heterocycles. The molecule has 0 fully saturated rings. The number of fused-ring (bicyclic) bond motifs is 1. The Morgan fingerprint density at radius 3 is 3.14 bits per heavy atom. The standard InChI is InChI=1S/C10H13N3O/c1-7-3-2-4-8-9(7)10(13-14-8)12-6-5-11/h2-4H,5-6,11H2,1H3,(H,12,13). The fourth-order valence-electron chi connectivity index (χ4n) is 1.47. The molecule has 1 aromatic carbocycles. The highest BCUT2D eigenvalue weighted by molar-refractivity contribution is 5.90. The van der Waals surface area contributed by atoms with E-state index in [2.05, 4.69) is 10.5 Å². The molecule has 0 saturated heterocycles. The number of hydrogen-bond acceptors (Lipinski definition) is 4. The van der Waals surface area contributed by atoms with Crippen molar-refractivity contribution >= 4 is 16.8 Å². The van der Waals surface area contributed by atoms with E-state index in [-0.39, 0.29) is 0 Å². The van der Waals surface area contributed by atoms with E-state index < -0.39 is 0 Å². The fourth-order valence-corrected chi connectivity index (χ4v) is 1.47. The number of nitrogens with zero attached hydrogens (tertiary/aromatic N) is 1. The molecule has 1 heterocycles. The molecule has 0 aliphatic carbocycles. The van der Waals surface area contributed by atoms with E-state index >= 15 is 0 Å². The van der Waals surface area contributed by atoms with Gasteiger partial charge in [-0.05, 0) is 18.6 Å². The second-order valence-electron chi connectivity index (χ2n) is 3.19. The maximum absolute atomic E-state index is 5.41. The molecule has 4 nitrogen and oxygen atoms in total. The molecule has 0 spiro atoms. The molecule has 14 heavy (non-hydrogen) atoms. The number of anilines is 1. The van der Waals surface area contributed by atoms with Gasteiger partial charge in [-0.2, -0.15) is 0 Å². The molecule has 2 aromatic rings. The second-order valence-corrected chi connectivity index (χ2v) is 3.19. The zero-order valence-corrected chi connectivity index (χ0v) is 8.08. The Balaban J connectivity index is 2.45. The van der Waals surface area contributed by atoms with Gasteiger partial charge in [0.2, 0.25) is 0 Å². The minimum Gasteiger partial charge on any atom is -0.365 e. The van der Waals surface area contributed by atoms with Crippen LogP contribution >= 0.6 is 0 Å². The highest BCUT2D eigenvalue weighted by atomic mass is 16.5.